The fourth-order valence-corrected chi connectivity index (χ4v) is 3.37. The molecule has 8 nitrogen and oxygen atoms in total. The molecule has 3 aromatic rings. The number of anilines is 2. The number of nitrogens with zero attached hydrogens (tertiary/aromatic N) is 5. The van der Waals surface area contributed by atoms with Crippen LogP contribution in [0, 0.1) is 0 Å². The first-order valence-corrected chi connectivity index (χ1v) is 9.27. The minimum atomic E-state index is -0.160. The van der Waals surface area contributed by atoms with E-state index in [0.29, 0.717) is 23.4 Å². The van der Waals surface area contributed by atoms with Gasteiger partial charge < -0.3 is 20.9 Å². The van der Waals surface area contributed by atoms with Gasteiger partial charge in [-0.1, -0.05) is 6.07 Å². The number of hydrogen-bond donors (Lipinski definition) is 2. The van der Waals surface area contributed by atoms with Gasteiger partial charge >= 0.3 is 0 Å². The van der Waals surface area contributed by atoms with E-state index in [9.17, 15) is 4.79 Å². The Morgan fingerprint density at radius 1 is 1.14 bits per heavy atom. The fraction of sp³-hybridized carbons (Fsp3) is 0.300. The van der Waals surface area contributed by atoms with Gasteiger partial charge in [0.15, 0.2) is 0 Å². The highest BCUT2D eigenvalue weighted by Gasteiger charge is 2.18. The normalized spacial score (nSPS) is 15.0. The SMILES string of the molecule is CN1CCN(c2ncccc2CNC(=O)c2ccc3c(N)ncnc3c2)CC1. The Morgan fingerprint density at radius 3 is 2.79 bits per heavy atom. The van der Waals surface area contributed by atoms with Gasteiger partial charge in [-0.15, -0.1) is 0 Å². The molecule has 3 N–H and O–H groups in total. The van der Waals surface area contributed by atoms with Crippen LogP contribution in [0.25, 0.3) is 10.9 Å². The maximum absolute atomic E-state index is 12.7. The molecular weight excluding hydrogens is 354 g/mol. The minimum absolute atomic E-state index is 0.160. The fourth-order valence-electron chi connectivity index (χ4n) is 3.37. The molecule has 0 radical (unpaired) electrons. The lowest BCUT2D eigenvalue weighted by Gasteiger charge is -2.34. The standard InChI is InChI=1S/C20H23N7O/c1-26-7-9-27(10-8-26)19-15(3-2-6-22-19)12-23-20(28)14-4-5-16-17(11-14)24-13-25-18(16)21/h2-6,11,13H,7-10,12H2,1H3,(H,23,28)(H2,21,24,25). The molecule has 0 spiro atoms. The number of carbonyl (C=O) groups excluding carboxylic acids is 1. The zero-order valence-electron chi connectivity index (χ0n) is 15.8. The number of nitrogens with one attached hydrogen (secondary N) is 1. The maximum Gasteiger partial charge on any atom is 0.251 e. The molecule has 8 heteroatoms. The van der Waals surface area contributed by atoms with Crippen molar-refractivity contribution in [1.82, 2.24) is 25.2 Å². The Hall–Kier alpha value is -3.26. The summed E-state index contributed by atoms with van der Waals surface area (Å²) in [5.74, 6) is 1.19. The van der Waals surface area contributed by atoms with Gasteiger partial charge in [0.25, 0.3) is 5.91 Å². The molecule has 144 valence electrons. The molecule has 0 saturated carbocycles. The largest absolute Gasteiger partial charge is 0.383 e. The van der Waals surface area contributed by atoms with Gasteiger partial charge in [-0.25, -0.2) is 15.0 Å². The summed E-state index contributed by atoms with van der Waals surface area (Å²) < 4.78 is 0. The van der Waals surface area contributed by atoms with Crippen LogP contribution in [0.3, 0.4) is 0 Å². The molecule has 0 atom stereocenters. The van der Waals surface area contributed by atoms with E-state index in [1.807, 2.05) is 12.1 Å². The highest BCUT2D eigenvalue weighted by molar-refractivity contribution is 5.99. The molecule has 1 amide bonds. The third-order valence-electron chi connectivity index (χ3n) is 5.04. The Morgan fingerprint density at radius 2 is 1.96 bits per heavy atom. The van der Waals surface area contributed by atoms with Crippen LogP contribution in [0.2, 0.25) is 0 Å². The number of piperazine rings is 1. The van der Waals surface area contributed by atoms with Crippen molar-refractivity contribution in [2.45, 2.75) is 6.54 Å². The Labute approximate surface area is 163 Å². The second kappa shape index (κ2) is 7.77. The van der Waals surface area contributed by atoms with Crippen molar-refractivity contribution in [1.29, 1.82) is 0 Å². The Balaban J connectivity index is 1.48. The first-order chi connectivity index (χ1) is 13.6. The van der Waals surface area contributed by atoms with E-state index in [1.165, 1.54) is 6.33 Å². The second-order valence-corrected chi connectivity index (χ2v) is 6.95. The number of nitrogen functional groups attached to an aromatic ring is 1. The lowest BCUT2D eigenvalue weighted by atomic mass is 10.1. The first kappa shape index (κ1) is 18.1. The van der Waals surface area contributed by atoms with Crippen molar-refractivity contribution in [2.75, 3.05) is 43.9 Å². The van der Waals surface area contributed by atoms with Crippen LogP contribution in [-0.2, 0) is 6.54 Å². The number of fused-ring (bicyclic) bond motifs is 1. The number of nitrogens with two attached hydrogens (primary N) is 1. The number of rotatable bonds is 4. The van der Waals surface area contributed by atoms with Gasteiger partial charge in [0.05, 0.1) is 5.52 Å². The van der Waals surface area contributed by atoms with E-state index in [2.05, 4.69) is 37.1 Å². The summed E-state index contributed by atoms with van der Waals surface area (Å²) in [7, 11) is 2.12. The Kier molecular flexibility index (Phi) is 5.03. The second-order valence-electron chi connectivity index (χ2n) is 6.95. The number of aromatic nitrogens is 3. The van der Waals surface area contributed by atoms with E-state index in [1.54, 1.807) is 24.4 Å². The van der Waals surface area contributed by atoms with Gasteiger partial charge in [0.2, 0.25) is 0 Å². The van der Waals surface area contributed by atoms with Crippen LogP contribution in [0.1, 0.15) is 15.9 Å². The third kappa shape index (κ3) is 3.72. The summed E-state index contributed by atoms with van der Waals surface area (Å²) in [5.41, 5.74) is 8.04. The molecular formula is C20H23N7O. The molecule has 28 heavy (non-hydrogen) atoms. The number of amides is 1. The smallest absolute Gasteiger partial charge is 0.251 e. The predicted octanol–water partition coefficient (Wildman–Crippen LogP) is 1.29. The van der Waals surface area contributed by atoms with Gasteiger partial charge in [0, 0.05) is 55.4 Å². The number of benzene rings is 1. The van der Waals surface area contributed by atoms with Crippen molar-refractivity contribution in [3.8, 4) is 0 Å². The van der Waals surface area contributed by atoms with E-state index in [-0.39, 0.29) is 5.91 Å². The van der Waals surface area contributed by atoms with Crippen molar-refractivity contribution in [3.63, 3.8) is 0 Å². The van der Waals surface area contributed by atoms with Gasteiger partial charge in [-0.3, -0.25) is 4.79 Å². The molecule has 1 fully saturated rings. The highest BCUT2D eigenvalue weighted by atomic mass is 16.1. The quantitative estimate of drug-likeness (QED) is 0.706. The summed E-state index contributed by atoms with van der Waals surface area (Å²) in [6.45, 7) is 4.29. The average Bonchev–Trinajstić information content (AvgIpc) is 2.73. The maximum atomic E-state index is 12.7. The summed E-state index contributed by atoms with van der Waals surface area (Å²) in [6, 6.07) is 9.15. The van der Waals surface area contributed by atoms with Crippen LogP contribution in [-0.4, -0.2) is 59.0 Å². The van der Waals surface area contributed by atoms with E-state index in [0.717, 1.165) is 42.9 Å². The predicted molar refractivity (Wildman–Crippen MR) is 109 cm³/mol. The zero-order valence-corrected chi connectivity index (χ0v) is 15.8. The number of likely N-dealkylation sites (N-methyl/N-ethyl adjacent to an activating group) is 1. The van der Waals surface area contributed by atoms with Crippen LogP contribution < -0.4 is 16.0 Å². The van der Waals surface area contributed by atoms with E-state index >= 15 is 0 Å². The lowest BCUT2D eigenvalue weighted by Crippen LogP contribution is -2.45. The number of carbonyl (C=O) groups is 1. The van der Waals surface area contributed by atoms with Crippen molar-refractivity contribution in [2.24, 2.45) is 0 Å². The van der Waals surface area contributed by atoms with Gasteiger partial charge in [-0.2, -0.15) is 0 Å². The molecule has 1 saturated heterocycles. The molecule has 4 rings (SSSR count). The summed E-state index contributed by atoms with van der Waals surface area (Å²) in [5, 5.41) is 3.73. The topological polar surface area (TPSA) is 100 Å². The van der Waals surface area contributed by atoms with E-state index in [4.69, 9.17) is 5.73 Å². The van der Waals surface area contributed by atoms with Crippen LogP contribution >= 0.6 is 0 Å². The average molecular weight is 377 g/mol. The molecule has 2 aromatic heterocycles. The lowest BCUT2D eigenvalue weighted by molar-refractivity contribution is 0.0951. The monoisotopic (exact) mass is 377 g/mol. The molecule has 1 aromatic carbocycles. The molecule has 1 aliphatic rings. The van der Waals surface area contributed by atoms with Gasteiger partial charge in [0.1, 0.15) is 18.0 Å². The van der Waals surface area contributed by atoms with Crippen molar-refractivity contribution < 1.29 is 4.79 Å². The summed E-state index contributed by atoms with van der Waals surface area (Å²) in [6.07, 6.45) is 3.20. The van der Waals surface area contributed by atoms with Gasteiger partial charge in [-0.05, 0) is 31.3 Å². The van der Waals surface area contributed by atoms with Crippen LogP contribution in [0.15, 0.2) is 42.9 Å². The van der Waals surface area contributed by atoms with Crippen molar-refractivity contribution >= 4 is 28.4 Å². The summed E-state index contributed by atoms with van der Waals surface area (Å²) in [4.78, 5) is 29.9. The zero-order chi connectivity index (χ0) is 19.5. The van der Waals surface area contributed by atoms with E-state index < -0.39 is 0 Å². The molecule has 0 aliphatic carbocycles. The minimum Gasteiger partial charge on any atom is -0.383 e. The van der Waals surface area contributed by atoms with Crippen LogP contribution in [0.5, 0.6) is 0 Å². The first-order valence-electron chi connectivity index (χ1n) is 9.27. The Bertz CT molecular complexity index is 999. The molecule has 3 heterocycles. The van der Waals surface area contributed by atoms with Crippen LogP contribution in [0.4, 0.5) is 11.6 Å². The molecule has 1 aliphatic heterocycles. The summed E-state index contributed by atoms with van der Waals surface area (Å²) >= 11 is 0. The molecule has 0 unspecified atom stereocenters. The highest BCUT2D eigenvalue weighted by Crippen LogP contribution is 2.20. The number of pyridine rings is 1. The third-order valence-corrected chi connectivity index (χ3v) is 5.04. The molecule has 0 bridgehead atoms. The van der Waals surface area contributed by atoms with Crippen molar-refractivity contribution in [3.05, 3.63) is 54.0 Å². The number of hydrogen-bond acceptors (Lipinski definition) is 7.